The summed E-state index contributed by atoms with van der Waals surface area (Å²) in [5, 5.41) is 10.8. The molecular formula is C16H17NO6. The van der Waals surface area contributed by atoms with Crippen molar-refractivity contribution >= 4 is 17.4 Å². The maximum Gasteiger partial charge on any atom is 0.306 e. The third kappa shape index (κ3) is 5.74. The van der Waals surface area contributed by atoms with Gasteiger partial charge in [0, 0.05) is 12.5 Å². The maximum atomic E-state index is 12.2. The van der Waals surface area contributed by atoms with Gasteiger partial charge in [0.2, 0.25) is 0 Å². The number of benzene rings is 1. The monoisotopic (exact) mass is 319 g/mol. The number of rotatable bonds is 10. The van der Waals surface area contributed by atoms with E-state index in [0.29, 0.717) is 0 Å². The summed E-state index contributed by atoms with van der Waals surface area (Å²) in [5.41, 5.74) is -0.0139. The van der Waals surface area contributed by atoms with Crippen molar-refractivity contribution in [3.05, 3.63) is 59.2 Å². The van der Waals surface area contributed by atoms with E-state index < -0.39 is 10.9 Å². The molecule has 0 aromatic heterocycles. The molecule has 0 aliphatic rings. The lowest BCUT2D eigenvalue weighted by atomic mass is 10.0. The van der Waals surface area contributed by atoms with E-state index >= 15 is 0 Å². The summed E-state index contributed by atoms with van der Waals surface area (Å²) in [6.07, 6.45) is 2.71. The zero-order chi connectivity index (χ0) is 17.2. The van der Waals surface area contributed by atoms with Gasteiger partial charge in [0.25, 0.3) is 5.69 Å². The molecule has 7 heteroatoms. The van der Waals surface area contributed by atoms with Gasteiger partial charge in [-0.05, 0) is 6.07 Å². The minimum absolute atomic E-state index is 0.0816. The molecule has 0 aliphatic carbocycles. The Morgan fingerprint density at radius 1 is 1.17 bits per heavy atom. The van der Waals surface area contributed by atoms with Gasteiger partial charge in [-0.1, -0.05) is 25.3 Å². The molecule has 0 saturated carbocycles. The Morgan fingerprint density at radius 2 is 1.87 bits per heavy atom. The molecule has 0 atom stereocenters. The molecular weight excluding hydrogens is 302 g/mol. The van der Waals surface area contributed by atoms with Crippen molar-refractivity contribution in [1.29, 1.82) is 0 Å². The van der Waals surface area contributed by atoms with Crippen LogP contribution in [0.25, 0.3) is 0 Å². The van der Waals surface area contributed by atoms with Gasteiger partial charge in [0.1, 0.15) is 19.0 Å². The predicted octanol–water partition coefficient (Wildman–Crippen LogP) is 2.85. The summed E-state index contributed by atoms with van der Waals surface area (Å²) in [6.45, 7) is 7.08. The highest BCUT2D eigenvalue weighted by atomic mass is 16.6. The summed E-state index contributed by atoms with van der Waals surface area (Å²) in [6, 6.07) is 3.70. The molecule has 1 aromatic carbocycles. The Morgan fingerprint density at radius 3 is 2.48 bits per heavy atom. The highest BCUT2D eigenvalue weighted by Gasteiger charge is 2.18. The molecule has 0 aliphatic heterocycles. The van der Waals surface area contributed by atoms with Crippen LogP contribution in [-0.2, 0) is 9.53 Å². The SMILES string of the molecule is C=CCOC(=O)CCC(=O)c1ccc([N+](=O)[O-])cc1OCC=C. The number of nitrogens with zero attached hydrogens (tertiary/aromatic N) is 1. The summed E-state index contributed by atoms with van der Waals surface area (Å²) >= 11 is 0. The summed E-state index contributed by atoms with van der Waals surface area (Å²) in [7, 11) is 0. The molecule has 0 unspecified atom stereocenters. The normalized spacial score (nSPS) is 9.74. The molecule has 0 radical (unpaired) electrons. The molecule has 23 heavy (non-hydrogen) atoms. The van der Waals surface area contributed by atoms with E-state index in [1.165, 1.54) is 30.4 Å². The fourth-order valence-corrected chi connectivity index (χ4v) is 1.70. The molecule has 7 nitrogen and oxygen atoms in total. The quantitative estimate of drug-likeness (QED) is 0.216. The number of hydrogen-bond acceptors (Lipinski definition) is 6. The third-order valence-corrected chi connectivity index (χ3v) is 2.75. The van der Waals surface area contributed by atoms with Gasteiger partial charge in [0.05, 0.1) is 23.0 Å². The van der Waals surface area contributed by atoms with Gasteiger partial charge in [-0.25, -0.2) is 0 Å². The van der Waals surface area contributed by atoms with Crippen molar-refractivity contribution in [2.75, 3.05) is 13.2 Å². The van der Waals surface area contributed by atoms with Gasteiger partial charge in [-0.15, -0.1) is 0 Å². The van der Waals surface area contributed by atoms with Crippen molar-refractivity contribution < 1.29 is 24.0 Å². The van der Waals surface area contributed by atoms with Crippen LogP contribution < -0.4 is 4.74 Å². The highest BCUT2D eigenvalue weighted by Crippen LogP contribution is 2.26. The second-order valence-electron chi connectivity index (χ2n) is 4.43. The minimum atomic E-state index is -0.582. The second-order valence-corrected chi connectivity index (χ2v) is 4.43. The summed E-state index contributed by atoms with van der Waals surface area (Å²) in [4.78, 5) is 33.8. The molecule has 1 aromatic rings. The molecule has 0 saturated heterocycles. The number of ketones is 1. The molecule has 0 fully saturated rings. The van der Waals surface area contributed by atoms with Crippen molar-refractivity contribution in [3.63, 3.8) is 0 Å². The summed E-state index contributed by atoms with van der Waals surface area (Å²) < 4.78 is 10.1. The van der Waals surface area contributed by atoms with Crippen LogP contribution in [0.3, 0.4) is 0 Å². The number of esters is 1. The first-order valence-electron chi connectivity index (χ1n) is 6.81. The zero-order valence-electron chi connectivity index (χ0n) is 12.5. The van der Waals surface area contributed by atoms with Gasteiger partial charge in [-0.2, -0.15) is 0 Å². The number of non-ortho nitro benzene ring substituents is 1. The Hall–Kier alpha value is -2.96. The predicted molar refractivity (Wildman–Crippen MR) is 83.5 cm³/mol. The van der Waals surface area contributed by atoms with Crippen molar-refractivity contribution in [2.45, 2.75) is 12.8 Å². The molecule has 122 valence electrons. The Balaban J connectivity index is 2.85. The smallest absolute Gasteiger partial charge is 0.306 e. The Labute approximate surface area is 133 Å². The van der Waals surface area contributed by atoms with Crippen LogP contribution in [0.2, 0.25) is 0 Å². The van der Waals surface area contributed by atoms with Crippen LogP contribution in [0.15, 0.2) is 43.5 Å². The van der Waals surface area contributed by atoms with E-state index in [1.807, 2.05) is 0 Å². The fourth-order valence-electron chi connectivity index (χ4n) is 1.70. The Kier molecular flexibility index (Phi) is 7.19. The first-order chi connectivity index (χ1) is 11.0. The summed E-state index contributed by atoms with van der Waals surface area (Å²) in [5.74, 6) is -0.799. The van der Waals surface area contributed by atoms with E-state index in [0.717, 1.165) is 0 Å². The molecule has 0 heterocycles. The van der Waals surface area contributed by atoms with E-state index in [2.05, 4.69) is 13.2 Å². The maximum absolute atomic E-state index is 12.2. The van der Waals surface area contributed by atoms with Crippen molar-refractivity contribution in [3.8, 4) is 5.75 Å². The van der Waals surface area contributed by atoms with Gasteiger partial charge in [0.15, 0.2) is 5.78 Å². The number of carbonyl (C=O) groups excluding carboxylic acids is 2. The molecule has 1 rings (SSSR count). The number of Topliss-reactive ketones (excluding diaryl/α,β-unsaturated/α-hetero) is 1. The fraction of sp³-hybridized carbons (Fsp3) is 0.250. The number of ether oxygens (including phenoxy) is 2. The van der Waals surface area contributed by atoms with Crippen LogP contribution in [-0.4, -0.2) is 29.9 Å². The van der Waals surface area contributed by atoms with Crippen molar-refractivity contribution in [1.82, 2.24) is 0 Å². The van der Waals surface area contributed by atoms with E-state index in [9.17, 15) is 19.7 Å². The lowest BCUT2D eigenvalue weighted by molar-refractivity contribution is -0.384. The lowest BCUT2D eigenvalue weighted by Gasteiger charge is -2.09. The lowest BCUT2D eigenvalue weighted by Crippen LogP contribution is -2.10. The van der Waals surface area contributed by atoms with Gasteiger partial charge in [-0.3, -0.25) is 19.7 Å². The largest absolute Gasteiger partial charge is 0.489 e. The molecule has 0 N–H and O–H groups in total. The van der Waals surface area contributed by atoms with Crippen LogP contribution in [0.4, 0.5) is 5.69 Å². The average Bonchev–Trinajstić information content (AvgIpc) is 2.55. The van der Waals surface area contributed by atoms with E-state index in [4.69, 9.17) is 9.47 Å². The number of nitro benzene ring substituents is 1. The first kappa shape index (κ1) is 18.1. The number of hydrogen-bond donors (Lipinski definition) is 0. The standard InChI is InChI=1S/C16H17NO6/c1-3-9-22-15-11-12(17(20)21)5-6-13(15)14(18)7-8-16(19)23-10-4-2/h3-6,11H,1-2,7-10H2. The molecule has 0 bridgehead atoms. The van der Waals surface area contributed by atoms with Crippen molar-refractivity contribution in [2.24, 2.45) is 0 Å². The number of carbonyl (C=O) groups is 2. The highest BCUT2D eigenvalue weighted by molar-refractivity contribution is 6.00. The zero-order valence-corrected chi connectivity index (χ0v) is 12.5. The van der Waals surface area contributed by atoms with Crippen LogP contribution in [0, 0.1) is 10.1 Å². The average molecular weight is 319 g/mol. The molecule has 0 amide bonds. The minimum Gasteiger partial charge on any atom is -0.489 e. The van der Waals surface area contributed by atoms with Crippen LogP contribution in [0.5, 0.6) is 5.75 Å². The van der Waals surface area contributed by atoms with Crippen LogP contribution >= 0.6 is 0 Å². The molecule has 0 spiro atoms. The van der Waals surface area contributed by atoms with Gasteiger partial charge < -0.3 is 9.47 Å². The van der Waals surface area contributed by atoms with Gasteiger partial charge >= 0.3 is 5.97 Å². The third-order valence-electron chi connectivity index (χ3n) is 2.75. The topological polar surface area (TPSA) is 95.7 Å². The van der Waals surface area contributed by atoms with Crippen LogP contribution in [0.1, 0.15) is 23.2 Å². The first-order valence-corrected chi connectivity index (χ1v) is 6.81. The number of nitro groups is 1. The second kappa shape index (κ2) is 9.14. The van der Waals surface area contributed by atoms with E-state index in [-0.39, 0.29) is 48.8 Å². The van der Waals surface area contributed by atoms with E-state index in [1.54, 1.807) is 0 Å². The Bertz CT molecular complexity index is 623.